The summed E-state index contributed by atoms with van der Waals surface area (Å²) in [5.74, 6) is 6.19. The van der Waals surface area contributed by atoms with Crippen LogP contribution < -0.4 is 0 Å². The van der Waals surface area contributed by atoms with Gasteiger partial charge in [-0.05, 0) is 145 Å². The Morgan fingerprint density at radius 3 is 2.03 bits per heavy atom. The number of hydrogen-bond acceptors (Lipinski definition) is 0. The first-order chi connectivity index (χ1) is 17.5. The van der Waals surface area contributed by atoms with Crippen molar-refractivity contribution in [2.24, 2.45) is 46.3 Å². The Kier molecular flexibility index (Phi) is 13.5. The van der Waals surface area contributed by atoms with E-state index < -0.39 is 0 Å². The van der Waals surface area contributed by atoms with Crippen molar-refractivity contribution in [1.82, 2.24) is 0 Å². The van der Waals surface area contributed by atoms with Crippen molar-refractivity contribution >= 4 is 0 Å². The molecule has 4 rings (SSSR count). The van der Waals surface area contributed by atoms with E-state index >= 15 is 0 Å². The molecule has 0 radical (unpaired) electrons. The summed E-state index contributed by atoms with van der Waals surface area (Å²) < 4.78 is 0. The molecule has 0 N–H and O–H groups in total. The molecule has 216 valence electrons. The fourth-order valence-electron chi connectivity index (χ4n) is 9.30. The predicted octanol–water partition coefficient (Wildman–Crippen LogP) is 12.6. The van der Waals surface area contributed by atoms with Crippen LogP contribution in [0.25, 0.3) is 0 Å². The van der Waals surface area contributed by atoms with Crippen LogP contribution >= 0.6 is 0 Å². The van der Waals surface area contributed by atoms with Gasteiger partial charge in [0.2, 0.25) is 0 Å². The molecule has 0 bridgehead atoms. The van der Waals surface area contributed by atoms with Crippen LogP contribution in [0.1, 0.15) is 166 Å². The third-order valence-corrected chi connectivity index (χ3v) is 11.8. The highest BCUT2D eigenvalue weighted by Gasteiger charge is 2.59. The normalized spacial score (nSPS) is 36.8. The lowest BCUT2D eigenvalue weighted by atomic mass is 9.44. The summed E-state index contributed by atoms with van der Waals surface area (Å²) >= 11 is 0. The SMILES string of the molecule is CC(C)=CCCC[C@@H](C)C1CCC2C3CCC4CCCCC4(C)C3CCC21C.CC=C(C)C.CCCC. The van der Waals surface area contributed by atoms with E-state index in [4.69, 9.17) is 0 Å². The maximum atomic E-state index is 2.74. The second-order valence-corrected chi connectivity index (χ2v) is 14.7. The van der Waals surface area contributed by atoms with Crippen molar-refractivity contribution in [2.45, 2.75) is 166 Å². The molecular formula is C37H68. The van der Waals surface area contributed by atoms with Crippen LogP contribution in [0.15, 0.2) is 23.3 Å². The molecule has 4 aliphatic carbocycles. The molecule has 0 nitrogen and oxygen atoms in total. The summed E-state index contributed by atoms with van der Waals surface area (Å²) in [5.41, 5.74) is 4.24. The summed E-state index contributed by atoms with van der Waals surface area (Å²) in [4.78, 5) is 0. The fraction of sp³-hybridized carbons (Fsp3) is 0.892. The smallest absolute Gasteiger partial charge is 0.0264 e. The van der Waals surface area contributed by atoms with Crippen LogP contribution in [0, 0.1) is 46.3 Å². The average molecular weight is 513 g/mol. The van der Waals surface area contributed by atoms with Crippen LogP contribution in [0.2, 0.25) is 0 Å². The monoisotopic (exact) mass is 513 g/mol. The first-order valence-corrected chi connectivity index (χ1v) is 16.8. The Morgan fingerprint density at radius 2 is 1.43 bits per heavy atom. The van der Waals surface area contributed by atoms with E-state index in [-0.39, 0.29) is 0 Å². The minimum Gasteiger partial charge on any atom is -0.0890 e. The van der Waals surface area contributed by atoms with Gasteiger partial charge < -0.3 is 0 Å². The lowest BCUT2D eigenvalue weighted by Crippen LogP contribution is -2.53. The van der Waals surface area contributed by atoms with E-state index in [0.717, 1.165) is 35.5 Å². The molecule has 0 aromatic heterocycles. The predicted molar refractivity (Wildman–Crippen MR) is 168 cm³/mol. The first kappa shape index (κ1) is 32.7. The Bertz CT molecular complexity index is 702. The van der Waals surface area contributed by atoms with Gasteiger partial charge in [0.1, 0.15) is 0 Å². The van der Waals surface area contributed by atoms with E-state index in [1.165, 1.54) is 62.5 Å². The number of allylic oxidation sites excluding steroid dienone is 4. The fourth-order valence-corrected chi connectivity index (χ4v) is 9.30. The van der Waals surface area contributed by atoms with Gasteiger partial charge in [0, 0.05) is 0 Å². The van der Waals surface area contributed by atoms with Crippen molar-refractivity contribution in [1.29, 1.82) is 0 Å². The van der Waals surface area contributed by atoms with Gasteiger partial charge in [-0.15, -0.1) is 0 Å². The van der Waals surface area contributed by atoms with E-state index in [1.54, 1.807) is 44.9 Å². The zero-order chi connectivity index (χ0) is 27.6. The zero-order valence-electron chi connectivity index (χ0n) is 27.2. The molecule has 8 atom stereocenters. The molecule has 0 aromatic rings. The van der Waals surface area contributed by atoms with Gasteiger partial charge in [-0.3, -0.25) is 0 Å². The zero-order valence-corrected chi connectivity index (χ0v) is 27.2. The molecule has 7 unspecified atom stereocenters. The highest BCUT2D eigenvalue weighted by Crippen LogP contribution is 2.68. The van der Waals surface area contributed by atoms with Crippen LogP contribution in [-0.2, 0) is 0 Å². The number of rotatable bonds is 6. The largest absolute Gasteiger partial charge is 0.0890 e. The molecule has 0 amide bonds. The molecule has 0 heteroatoms. The van der Waals surface area contributed by atoms with Crippen LogP contribution in [-0.4, -0.2) is 0 Å². The summed E-state index contributed by atoms with van der Waals surface area (Å²) in [6, 6.07) is 0. The molecule has 0 aromatic carbocycles. The topological polar surface area (TPSA) is 0 Å². The quantitative estimate of drug-likeness (QED) is 0.245. The Morgan fingerprint density at radius 1 is 0.784 bits per heavy atom. The van der Waals surface area contributed by atoms with E-state index in [0.29, 0.717) is 10.8 Å². The summed E-state index contributed by atoms with van der Waals surface area (Å²) in [5, 5.41) is 0. The van der Waals surface area contributed by atoms with Crippen LogP contribution in [0.3, 0.4) is 0 Å². The van der Waals surface area contributed by atoms with Crippen molar-refractivity contribution in [3.8, 4) is 0 Å². The Balaban J connectivity index is 0.000000464. The number of unbranched alkanes of at least 4 members (excludes halogenated alkanes) is 2. The van der Waals surface area contributed by atoms with Gasteiger partial charge in [-0.1, -0.05) is 90.0 Å². The van der Waals surface area contributed by atoms with Gasteiger partial charge in [0.05, 0.1) is 0 Å². The lowest BCUT2D eigenvalue weighted by molar-refractivity contribution is -0.114. The summed E-state index contributed by atoms with van der Waals surface area (Å²) in [6.45, 7) is 23.1. The molecule has 0 heterocycles. The molecule has 4 aliphatic rings. The molecule has 0 saturated heterocycles. The molecule has 4 fully saturated rings. The number of hydrogen-bond donors (Lipinski definition) is 0. The van der Waals surface area contributed by atoms with Crippen molar-refractivity contribution in [3.05, 3.63) is 23.3 Å². The maximum Gasteiger partial charge on any atom is -0.0264 e. The molecule has 37 heavy (non-hydrogen) atoms. The Hall–Kier alpha value is -0.520. The summed E-state index contributed by atoms with van der Waals surface area (Å²) in [7, 11) is 0. The third-order valence-electron chi connectivity index (χ3n) is 11.8. The van der Waals surface area contributed by atoms with E-state index in [1.807, 2.05) is 6.92 Å². The molecular weight excluding hydrogens is 444 g/mol. The van der Waals surface area contributed by atoms with Gasteiger partial charge in [0.25, 0.3) is 0 Å². The second kappa shape index (κ2) is 15.3. The van der Waals surface area contributed by atoms with E-state index in [9.17, 15) is 0 Å². The number of fused-ring (bicyclic) bond motifs is 5. The first-order valence-electron chi connectivity index (χ1n) is 16.8. The van der Waals surface area contributed by atoms with E-state index in [2.05, 4.69) is 74.5 Å². The molecule has 0 aliphatic heterocycles. The van der Waals surface area contributed by atoms with Gasteiger partial charge in [0.15, 0.2) is 0 Å². The van der Waals surface area contributed by atoms with Crippen molar-refractivity contribution < 1.29 is 0 Å². The second-order valence-electron chi connectivity index (χ2n) is 14.7. The van der Waals surface area contributed by atoms with Crippen LogP contribution in [0.5, 0.6) is 0 Å². The highest BCUT2D eigenvalue weighted by molar-refractivity contribution is 5.09. The Labute approximate surface area is 234 Å². The minimum atomic E-state index is 0.662. The standard InChI is InChI=1S/C28H48.C5H10.C4H10/c1-20(2)10-6-7-11-21(3)24-15-16-25-23-14-13-22-12-8-9-18-27(22,4)26(23)17-19-28(24,25)5;1-4-5(2)3;1-3-4-2/h10,21-26H,6-9,11-19H2,1-5H3;4H,1-3H3;3-4H2,1-2H3/t21-,22?,23?,24?,25?,26?,27?,28?;;/m1../s1. The third kappa shape index (κ3) is 8.24. The molecule has 4 saturated carbocycles. The highest BCUT2D eigenvalue weighted by atomic mass is 14.6. The van der Waals surface area contributed by atoms with Gasteiger partial charge in [-0.25, -0.2) is 0 Å². The van der Waals surface area contributed by atoms with Crippen molar-refractivity contribution in [2.75, 3.05) is 0 Å². The average Bonchev–Trinajstić information content (AvgIpc) is 3.23. The molecule has 0 spiro atoms. The van der Waals surface area contributed by atoms with Crippen LogP contribution in [0.4, 0.5) is 0 Å². The summed E-state index contributed by atoms with van der Waals surface area (Å²) in [6.07, 6.45) is 26.8. The lowest BCUT2D eigenvalue weighted by Gasteiger charge is -2.61. The minimum absolute atomic E-state index is 0.662. The maximum absolute atomic E-state index is 2.74. The van der Waals surface area contributed by atoms with Crippen molar-refractivity contribution in [3.63, 3.8) is 0 Å². The van der Waals surface area contributed by atoms with Gasteiger partial charge in [-0.2, -0.15) is 0 Å². The van der Waals surface area contributed by atoms with Gasteiger partial charge >= 0.3 is 0 Å².